The molecule has 2 aromatic rings. The van der Waals surface area contributed by atoms with Crippen molar-refractivity contribution in [3.8, 4) is 17.2 Å². The number of esters is 1. The molecule has 0 saturated carbocycles. The maximum atomic E-state index is 13.0. The van der Waals surface area contributed by atoms with Gasteiger partial charge in [0.2, 0.25) is 0 Å². The number of allylic oxidation sites excluding steroid dienone is 3. The van der Waals surface area contributed by atoms with Crippen LogP contribution in [0.25, 0.3) is 0 Å². The molecular weight excluding hydrogens is 516 g/mol. The van der Waals surface area contributed by atoms with Crippen LogP contribution in [-0.2, 0) is 25.5 Å². The third-order valence-corrected chi connectivity index (χ3v) is 6.25. The van der Waals surface area contributed by atoms with E-state index in [1.54, 1.807) is 56.5 Å². The lowest BCUT2D eigenvalue weighted by Crippen LogP contribution is -2.20. The minimum absolute atomic E-state index is 0.0949. The van der Waals surface area contributed by atoms with Gasteiger partial charge in [-0.15, -0.1) is 0 Å². The summed E-state index contributed by atoms with van der Waals surface area (Å²) in [5.41, 5.74) is 0.706. The van der Waals surface area contributed by atoms with E-state index in [4.69, 9.17) is 30.6 Å². The van der Waals surface area contributed by atoms with Gasteiger partial charge < -0.3 is 34.6 Å². The van der Waals surface area contributed by atoms with Gasteiger partial charge in [0.1, 0.15) is 35.0 Å². The Kier molecular flexibility index (Phi) is 8.55. The molecule has 0 aliphatic carbocycles. The molecule has 11 heteroatoms. The van der Waals surface area contributed by atoms with Gasteiger partial charge in [-0.3, -0.25) is 4.79 Å². The van der Waals surface area contributed by atoms with Crippen LogP contribution >= 0.6 is 11.6 Å². The zero-order valence-corrected chi connectivity index (χ0v) is 21.5. The van der Waals surface area contributed by atoms with E-state index in [0.717, 1.165) is 6.07 Å². The van der Waals surface area contributed by atoms with E-state index < -0.39 is 36.1 Å². The number of methoxy groups -OCH3 is 1. The highest BCUT2D eigenvalue weighted by Crippen LogP contribution is 2.38. The summed E-state index contributed by atoms with van der Waals surface area (Å²) < 4.78 is 16.2. The van der Waals surface area contributed by atoms with E-state index in [2.05, 4.69) is 10.5 Å². The number of nitrogens with one attached hydrogen (secondary N) is 1. The number of carbonyl (C=O) groups is 2. The van der Waals surface area contributed by atoms with E-state index in [0.29, 0.717) is 17.9 Å². The molecule has 200 valence electrons. The number of nitrogens with zero attached hydrogens (tertiary/aromatic N) is 1. The first-order chi connectivity index (χ1) is 18.2. The van der Waals surface area contributed by atoms with Crippen molar-refractivity contribution in [2.24, 2.45) is 5.16 Å². The fraction of sp³-hybridized carbons (Fsp3) is 0.296. The van der Waals surface area contributed by atoms with Gasteiger partial charge in [0.15, 0.2) is 6.61 Å². The Labute approximate surface area is 224 Å². The number of phenols is 2. The van der Waals surface area contributed by atoms with Crippen molar-refractivity contribution in [1.82, 2.24) is 0 Å². The summed E-state index contributed by atoms with van der Waals surface area (Å²) >= 11 is 6.33. The monoisotopic (exact) mass is 542 g/mol. The van der Waals surface area contributed by atoms with E-state index in [1.807, 2.05) is 6.08 Å². The predicted octanol–water partition coefficient (Wildman–Crippen LogP) is 4.14. The van der Waals surface area contributed by atoms with Crippen molar-refractivity contribution in [3.05, 3.63) is 70.8 Å². The zero-order valence-electron chi connectivity index (χ0n) is 20.7. The lowest BCUT2D eigenvalue weighted by molar-refractivity contribution is -0.120. The molecule has 2 heterocycles. The summed E-state index contributed by atoms with van der Waals surface area (Å²) in [7, 11) is 1.55. The number of hydrogen-bond acceptors (Lipinski definition) is 9. The summed E-state index contributed by atoms with van der Waals surface area (Å²) in [4.78, 5) is 30.6. The summed E-state index contributed by atoms with van der Waals surface area (Å²) in [6, 6.07) is 7.75. The second-order valence-corrected chi connectivity index (χ2v) is 9.10. The Hall–Kier alpha value is -4.02. The topological polar surface area (TPSA) is 139 Å². The number of benzene rings is 2. The molecule has 2 aliphatic heterocycles. The van der Waals surface area contributed by atoms with Crippen LogP contribution in [0.5, 0.6) is 17.2 Å². The Bertz CT molecular complexity index is 1290. The third kappa shape index (κ3) is 6.84. The highest BCUT2D eigenvalue weighted by atomic mass is 35.5. The van der Waals surface area contributed by atoms with Crippen molar-refractivity contribution in [3.63, 3.8) is 0 Å². The maximum absolute atomic E-state index is 13.0. The van der Waals surface area contributed by atoms with Crippen LogP contribution in [0.15, 0.2) is 59.8 Å². The fourth-order valence-electron chi connectivity index (χ4n) is 3.90. The number of phenolic OH excluding ortho intramolecular Hbond substituents is 2. The second-order valence-electron chi connectivity index (χ2n) is 8.73. The van der Waals surface area contributed by atoms with Gasteiger partial charge in [0, 0.05) is 24.6 Å². The van der Waals surface area contributed by atoms with E-state index in [-0.39, 0.29) is 40.5 Å². The molecule has 3 N–H and O–H groups in total. The number of fused-ring (bicyclic) bond motifs is 2. The Morgan fingerprint density at radius 3 is 2.71 bits per heavy atom. The molecule has 1 amide bonds. The number of amides is 1. The number of epoxide rings is 1. The van der Waals surface area contributed by atoms with Gasteiger partial charge in [0.25, 0.3) is 5.91 Å². The molecule has 0 radical (unpaired) electrons. The normalized spacial score (nSPS) is 23.7. The number of anilines is 1. The number of rotatable bonds is 5. The van der Waals surface area contributed by atoms with Crippen LogP contribution in [0, 0.1) is 0 Å². The first-order valence-electron chi connectivity index (χ1n) is 11.8. The van der Waals surface area contributed by atoms with Crippen LogP contribution in [0.1, 0.15) is 29.3 Å². The molecule has 0 spiro atoms. The van der Waals surface area contributed by atoms with Gasteiger partial charge in [-0.05, 0) is 42.8 Å². The number of oxime groups is 1. The first-order valence-corrected chi connectivity index (χ1v) is 12.2. The second kappa shape index (κ2) is 12.0. The lowest BCUT2D eigenvalue weighted by Gasteiger charge is -2.17. The van der Waals surface area contributed by atoms with Crippen LogP contribution < -0.4 is 10.1 Å². The summed E-state index contributed by atoms with van der Waals surface area (Å²) in [5.74, 6) is -1.51. The molecule has 2 aliphatic rings. The Balaban J connectivity index is 1.56. The Morgan fingerprint density at radius 2 is 1.97 bits per heavy atom. The van der Waals surface area contributed by atoms with Crippen molar-refractivity contribution >= 4 is 34.9 Å². The molecule has 2 aromatic carbocycles. The highest BCUT2D eigenvalue weighted by molar-refractivity contribution is 6.33. The van der Waals surface area contributed by atoms with Gasteiger partial charge in [-0.1, -0.05) is 35.0 Å². The summed E-state index contributed by atoms with van der Waals surface area (Å²) in [5, 5.41) is 27.3. The smallest absolute Gasteiger partial charge is 0.342 e. The van der Waals surface area contributed by atoms with Gasteiger partial charge in [-0.25, -0.2) is 4.79 Å². The molecular formula is C27H27ClN2O8. The van der Waals surface area contributed by atoms with Gasteiger partial charge in [-0.2, -0.15) is 0 Å². The molecule has 0 unspecified atom stereocenters. The van der Waals surface area contributed by atoms with Crippen molar-refractivity contribution in [2.75, 3.05) is 19.0 Å². The van der Waals surface area contributed by atoms with Crippen LogP contribution in [0.3, 0.4) is 0 Å². The molecule has 1 fully saturated rings. The predicted molar refractivity (Wildman–Crippen MR) is 140 cm³/mol. The summed E-state index contributed by atoms with van der Waals surface area (Å²) in [6.07, 6.45) is 6.60. The minimum Gasteiger partial charge on any atom is -0.507 e. The van der Waals surface area contributed by atoms with E-state index >= 15 is 0 Å². The van der Waals surface area contributed by atoms with Crippen LogP contribution in [0.4, 0.5) is 5.69 Å². The molecule has 1 saturated heterocycles. The van der Waals surface area contributed by atoms with Crippen molar-refractivity contribution in [1.29, 1.82) is 0 Å². The number of carbonyl (C=O) groups excluding carboxylic acids is 2. The average molecular weight is 543 g/mol. The third-order valence-electron chi connectivity index (χ3n) is 5.83. The van der Waals surface area contributed by atoms with E-state index in [1.165, 1.54) is 0 Å². The SMILES string of the molecule is COc1ccc(NC(=O)CO\N=C2/C=C/C=C/[C@H]3O[C@@H]3C[C@@H](C)OC(=O)c3c(O)cc(O)c(Cl)c3C2)cc1. The lowest BCUT2D eigenvalue weighted by atomic mass is 9.99. The fourth-order valence-corrected chi connectivity index (χ4v) is 4.11. The number of aromatic hydroxyl groups is 2. The molecule has 3 atom stereocenters. The van der Waals surface area contributed by atoms with Gasteiger partial charge in [0.05, 0.1) is 23.9 Å². The van der Waals surface area contributed by atoms with Gasteiger partial charge >= 0.3 is 5.97 Å². The quantitative estimate of drug-likeness (QED) is 0.291. The number of cyclic esters (lactones) is 1. The molecule has 38 heavy (non-hydrogen) atoms. The molecule has 0 bridgehead atoms. The number of ether oxygens (including phenoxy) is 3. The van der Waals surface area contributed by atoms with Crippen molar-refractivity contribution in [2.45, 2.75) is 38.1 Å². The maximum Gasteiger partial charge on any atom is 0.342 e. The molecule has 4 rings (SSSR count). The van der Waals surface area contributed by atoms with Crippen LogP contribution in [0.2, 0.25) is 5.02 Å². The first kappa shape index (κ1) is 27.0. The zero-order chi connectivity index (χ0) is 27.2. The number of halogens is 1. The number of hydrogen-bond donors (Lipinski definition) is 3. The van der Waals surface area contributed by atoms with E-state index in [9.17, 15) is 19.8 Å². The minimum atomic E-state index is -0.806. The molecule has 0 aromatic heterocycles. The highest BCUT2D eigenvalue weighted by Gasteiger charge is 2.38. The largest absolute Gasteiger partial charge is 0.507 e. The standard InChI is InChI=1S/C27H27ClN2O8/c1-15-11-23-22(38-23)6-4-3-5-17(12-19-25(27(34)37-15)20(31)13-21(32)26(19)28)30-36-14-24(33)29-16-7-9-18(35-2)10-8-16/h3-10,13,15,22-23,31-32H,11-12,14H2,1-2H3,(H,29,33)/b5-3+,6-4+,30-17+/t15-,22-,23-/m1/s1. The average Bonchev–Trinajstić information content (AvgIpc) is 3.61. The van der Waals surface area contributed by atoms with Crippen LogP contribution in [-0.4, -0.2) is 59.8 Å². The molecule has 10 nitrogen and oxygen atoms in total. The summed E-state index contributed by atoms with van der Waals surface area (Å²) in [6.45, 7) is 1.32. The Morgan fingerprint density at radius 1 is 1.21 bits per heavy atom. The van der Waals surface area contributed by atoms with Crippen molar-refractivity contribution < 1.29 is 38.9 Å².